The van der Waals surface area contributed by atoms with Crippen molar-refractivity contribution in [2.45, 2.75) is 12.8 Å². The van der Waals surface area contributed by atoms with Crippen molar-refractivity contribution in [3.8, 4) is 0 Å². The Bertz CT molecular complexity index is 444. The Kier molecular flexibility index (Phi) is 3.46. The first-order valence-corrected chi connectivity index (χ1v) is 5.89. The summed E-state index contributed by atoms with van der Waals surface area (Å²) in [6.07, 6.45) is 3.34. The van der Waals surface area contributed by atoms with Gasteiger partial charge in [-0.3, -0.25) is 0 Å². The normalized spacial score (nSPS) is 12.4. The maximum Gasteiger partial charge on any atom is 0.165 e. The van der Waals surface area contributed by atoms with Crippen molar-refractivity contribution >= 4 is 17.2 Å². The van der Waals surface area contributed by atoms with Gasteiger partial charge < -0.3 is 5.32 Å². The summed E-state index contributed by atoms with van der Waals surface area (Å²) in [5.41, 5.74) is 0. The van der Waals surface area contributed by atoms with Crippen molar-refractivity contribution in [2.75, 3.05) is 11.9 Å². The average molecular weight is 237 g/mol. The number of hydrogen-bond donors (Lipinski definition) is 1. The minimum absolute atomic E-state index is 0.251. The third-order valence-corrected chi connectivity index (χ3v) is 3.21. The van der Waals surface area contributed by atoms with E-state index >= 15 is 0 Å². The van der Waals surface area contributed by atoms with Crippen LogP contribution in [0.4, 0.5) is 10.2 Å². The number of aromatic nitrogens is 2. The Labute approximate surface area is 97.4 Å². The summed E-state index contributed by atoms with van der Waals surface area (Å²) in [5, 5.41) is 5.96. The van der Waals surface area contributed by atoms with Crippen LogP contribution < -0.4 is 5.32 Å². The highest BCUT2D eigenvalue weighted by atomic mass is 32.1. The first kappa shape index (κ1) is 11.0. The van der Waals surface area contributed by atoms with E-state index in [0.29, 0.717) is 12.4 Å². The second-order valence-electron chi connectivity index (χ2n) is 3.49. The number of pyridine rings is 1. The smallest absolute Gasteiger partial charge is 0.165 e. The molecule has 0 spiro atoms. The zero-order valence-electron chi connectivity index (χ0n) is 8.85. The van der Waals surface area contributed by atoms with Gasteiger partial charge in [-0.25, -0.2) is 14.4 Å². The molecule has 5 heteroatoms. The van der Waals surface area contributed by atoms with Gasteiger partial charge in [-0.15, -0.1) is 11.3 Å². The molecule has 16 heavy (non-hydrogen) atoms. The highest BCUT2D eigenvalue weighted by Gasteiger charge is 2.09. The molecule has 0 radical (unpaired) electrons. The molecule has 0 aliphatic carbocycles. The average Bonchev–Trinajstić information content (AvgIpc) is 2.81. The predicted molar refractivity (Wildman–Crippen MR) is 63.2 cm³/mol. The van der Waals surface area contributed by atoms with Crippen LogP contribution in [0.3, 0.4) is 0 Å². The van der Waals surface area contributed by atoms with E-state index in [-0.39, 0.29) is 11.7 Å². The zero-order chi connectivity index (χ0) is 11.4. The first-order valence-electron chi connectivity index (χ1n) is 5.01. The number of nitrogens with one attached hydrogen (secondary N) is 1. The molecule has 0 aliphatic heterocycles. The molecule has 0 amide bonds. The summed E-state index contributed by atoms with van der Waals surface area (Å²) in [6, 6.07) is 2.97. The van der Waals surface area contributed by atoms with Crippen LogP contribution in [-0.4, -0.2) is 16.5 Å². The number of thiazole rings is 1. The summed E-state index contributed by atoms with van der Waals surface area (Å²) >= 11 is 1.61. The van der Waals surface area contributed by atoms with Crippen LogP contribution in [0.2, 0.25) is 0 Å². The van der Waals surface area contributed by atoms with E-state index in [1.165, 1.54) is 6.07 Å². The van der Waals surface area contributed by atoms with Crippen LogP contribution >= 0.6 is 11.3 Å². The quantitative estimate of drug-likeness (QED) is 0.888. The van der Waals surface area contributed by atoms with Gasteiger partial charge >= 0.3 is 0 Å². The fourth-order valence-electron chi connectivity index (χ4n) is 1.33. The lowest BCUT2D eigenvalue weighted by atomic mass is 10.2. The molecule has 0 fully saturated rings. The van der Waals surface area contributed by atoms with Gasteiger partial charge in [0, 0.05) is 30.2 Å². The molecule has 2 aromatic rings. The predicted octanol–water partition coefficient (Wildman–Crippen LogP) is 2.89. The lowest BCUT2D eigenvalue weighted by Gasteiger charge is -2.10. The molecule has 0 saturated heterocycles. The van der Waals surface area contributed by atoms with Crippen LogP contribution in [-0.2, 0) is 0 Å². The van der Waals surface area contributed by atoms with E-state index < -0.39 is 0 Å². The Balaban J connectivity index is 1.95. The molecular formula is C11H12FN3S. The fourth-order valence-corrected chi connectivity index (χ4v) is 2.03. The minimum Gasteiger partial charge on any atom is -0.367 e. The van der Waals surface area contributed by atoms with Gasteiger partial charge in [-0.2, -0.15) is 0 Å². The lowest BCUT2D eigenvalue weighted by molar-refractivity contribution is 0.622. The van der Waals surface area contributed by atoms with Crippen LogP contribution in [0.1, 0.15) is 17.8 Å². The molecule has 3 nitrogen and oxygen atoms in total. The van der Waals surface area contributed by atoms with Gasteiger partial charge in [0.25, 0.3) is 0 Å². The lowest BCUT2D eigenvalue weighted by Crippen LogP contribution is -2.11. The molecule has 2 aromatic heterocycles. The van der Waals surface area contributed by atoms with Crippen molar-refractivity contribution in [1.29, 1.82) is 0 Å². The monoisotopic (exact) mass is 237 g/mol. The third-order valence-electron chi connectivity index (χ3n) is 2.21. The first-order chi connectivity index (χ1) is 7.77. The van der Waals surface area contributed by atoms with Gasteiger partial charge in [-0.05, 0) is 12.1 Å². The highest BCUT2D eigenvalue weighted by Crippen LogP contribution is 2.18. The Morgan fingerprint density at radius 2 is 2.31 bits per heavy atom. The van der Waals surface area contributed by atoms with Gasteiger partial charge in [-0.1, -0.05) is 6.92 Å². The van der Waals surface area contributed by atoms with Crippen LogP contribution in [0.15, 0.2) is 29.9 Å². The standard InChI is InChI=1S/C11H12FN3S/c1-8(11-14-5-6-16-11)7-15-10-9(12)3-2-4-13-10/h2-6,8H,7H2,1H3,(H,13,15). The van der Waals surface area contributed by atoms with Crippen molar-refractivity contribution < 1.29 is 4.39 Å². The number of anilines is 1. The molecule has 0 bridgehead atoms. The highest BCUT2D eigenvalue weighted by molar-refractivity contribution is 7.09. The number of rotatable bonds is 4. The molecule has 1 atom stereocenters. The number of nitrogens with zero attached hydrogens (tertiary/aromatic N) is 2. The van der Waals surface area contributed by atoms with E-state index in [0.717, 1.165) is 5.01 Å². The van der Waals surface area contributed by atoms with Crippen molar-refractivity contribution in [3.05, 3.63) is 40.7 Å². The molecular weight excluding hydrogens is 225 g/mol. The second-order valence-corrected chi connectivity index (χ2v) is 4.41. The minimum atomic E-state index is -0.325. The summed E-state index contributed by atoms with van der Waals surface area (Å²) in [4.78, 5) is 8.14. The molecule has 0 saturated carbocycles. The van der Waals surface area contributed by atoms with Crippen molar-refractivity contribution in [1.82, 2.24) is 9.97 Å². The molecule has 0 aromatic carbocycles. The van der Waals surface area contributed by atoms with Gasteiger partial charge in [0.1, 0.15) is 0 Å². The molecule has 1 N–H and O–H groups in total. The van der Waals surface area contributed by atoms with Gasteiger partial charge in [0.15, 0.2) is 11.6 Å². The SMILES string of the molecule is CC(CNc1ncccc1F)c1nccs1. The van der Waals surface area contributed by atoms with E-state index in [2.05, 4.69) is 15.3 Å². The largest absolute Gasteiger partial charge is 0.367 e. The van der Waals surface area contributed by atoms with Crippen LogP contribution in [0.25, 0.3) is 0 Å². The van der Waals surface area contributed by atoms with Crippen LogP contribution in [0.5, 0.6) is 0 Å². The van der Waals surface area contributed by atoms with E-state index in [9.17, 15) is 4.39 Å². The molecule has 2 rings (SSSR count). The number of halogens is 1. The Morgan fingerprint density at radius 3 is 3.00 bits per heavy atom. The Hall–Kier alpha value is -1.49. The van der Waals surface area contributed by atoms with E-state index in [1.54, 1.807) is 29.8 Å². The summed E-state index contributed by atoms with van der Waals surface area (Å²) < 4.78 is 13.2. The summed E-state index contributed by atoms with van der Waals surface area (Å²) in [5.74, 6) is 0.223. The molecule has 84 valence electrons. The van der Waals surface area contributed by atoms with E-state index in [4.69, 9.17) is 0 Å². The summed E-state index contributed by atoms with van der Waals surface area (Å²) in [7, 11) is 0. The van der Waals surface area contributed by atoms with E-state index in [1.807, 2.05) is 12.3 Å². The fraction of sp³-hybridized carbons (Fsp3) is 0.273. The molecule has 0 aliphatic rings. The maximum atomic E-state index is 13.2. The topological polar surface area (TPSA) is 37.8 Å². The molecule has 1 unspecified atom stereocenters. The maximum absolute atomic E-state index is 13.2. The number of hydrogen-bond acceptors (Lipinski definition) is 4. The van der Waals surface area contributed by atoms with Gasteiger partial charge in [0.05, 0.1) is 5.01 Å². The molecule has 2 heterocycles. The Morgan fingerprint density at radius 1 is 1.44 bits per heavy atom. The summed E-state index contributed by atoms with van der Waals surface area (Å²) in [6.45, 7) is 2.67. The van der Waals surface area contributed by atoms with Crippen LogP contribution in [0, 0.1) is 5.82 Å². The third kappa shape index (κ3) is 2.55. The van der Waals surface area contributed by atoms with Gasteiger partial charge in [0.2, 0.25) is 0 Å². The zero-order valence-corrected chi connectivity index (χ0v) is 9.67. The second kappa shape index (κ2) is 5.03. The van der Waals surface area contributed by atoms with Crippen molar-refractivity contribution in [3.63, 3.8) is 0 Å². The van der Waals surface area contributed by atoms with Crippen molar-refractivity contribution in [2.24, 2.45) is 0 Å².